The molecule has 96 valence electrons. The van der Waals surface area contributed by atoms with E-state index in [1.54, 1.807) is 25.3 Å². The van der Waals surface area contributed by atoms with Gasteiger partial charge in [-0.25, -0.2) is 0 Å². The lowest BCUT2D eigenvalue weighted by atomic mass is 10.1. The van der Waals surface area contributed by atoms with E-state index < -0.39 is 5.97 Å². The molecule has 1 aromatic carbocycles. The van der Waals surface area contributed by atoms with Crippen LogP contribution in [0.25, 0.3) is 0 Å². The van der Waals surface area contributed by atoms with Crippen LogP contribution in [0.15, 0.2) is 18.2 Å². The van der Waals surface area contributed by atoms with Crippen LogP contribution in [0.3, 0.4) is 0 Å². The van der Waals surface area contributed by atoms with Gasteiger partial charge in [-0.3, -0.25) is 4.79 Å². The average Bonchev–Trinajstić information content (AvgIpc) is 2.37. The fourth-order valence-corrected chi connectivity index (χ4v) is 1.64. The highest BCUT2D eigenvalue weighted by atomic mass is 16.5. The largest absolute Gasteiger partial charge is 0.497 e. The average molecular weight is 248 g/mol. The highest BCUT2D eigenvalue weighted by molar-refractivity contribution is 5.67. The van der Waals surface area contributed by atoms with Gasteiger partial charge in [0.15, 0.2) is 0 Å². The molecule has 1 N–H and O–H groups in total. The van der Waals surface area contributed by atoms with Crippen molar-refractivity contribution >= 4 is 11.7 Å². The number of aliphatic carboxylic acids is 1. The van der Waals surface area contributed by atoms with Crippen LogP contribution in [0.4, 0.5) is 5.69 Å². The number of carboxylic acids is 1. The molecule has 1 aromatic rings. The first-order valence-electron chi connectivity index (χ1n) is 5.59. The Kier molecular flexibility index (Phi) is 5.00. The second-order valence-electron chi connectivity index (χ2n) is 3.91. The molecule has 0 fully saturated rings. The molecular weight excluding hydrogens is 232 g/mol. The lowest BCUT2D eigenvalue weighted by Gasteiger charge is -2.20. The molecule has 1 rings (SSSR count). The van der Waals surface area contributed by atoms with E-state index in [2.05, 4.69) is 6.07 Å². The molecule has 18 heavy (non-hydrogen) atoms. The summed E-state index contributed by atoms with van der Waals surface area (Å²) in [7, 11) is 3.40. The molecule has 0 saturated carbocycles. The Labute approximate surface area is 106 Å². The first-order valence-corrected chi connectivity index (χ1v) is 5.59. The predicted molar refractivity (Wildman–Crippen MR) is 67.8 cm³/mol. The Hall–Kier alpha value is -2.22. The molecule has 0 atom stereocenters. The molecule has 0 bridgehead atoms. The number of ether oxygens (including phenoxy) is 1. The van der Waals surface area contributed by atoms with Crippen molar-refractivity contribution in [3.63, 3.8) is 0 Å². The number of benzene rings is 1. The molecule has 5 nitrogen and oxygen atoms in total. The first kappa shape index (κ1) is 13.8. The number of methoxy groups -OCH3 is 1. The fraction of sp³-hybridized carbons (Fsp3) is 0.385. The molecule has 0 saturated heterocycles. The van der Waals surface area contributed by atoms with Gasteiger partial charge in [0.05, 0.1) is 18.4 Å². The smallest absolute Gasteiger partial charge is 0.303 e. The summed E-state index contributed by atoms with van der Waals surface area (Å²) in [5.41, 5.74) is 1.30. The molecule has 0 aromatic heterocycles. The van der Waals surface area contributed by atoms with Crippen molar-refractivity contribution in [3.05, 3.63) is 23.8 Å². The quantitative estimate of drug-likeness (QED) is 0.831. The number of rotatable bonds is 6. The maximum atomic E-state index is 10.4. The van der Waals surface area contributed by atoms with Gasteiger partial charge >= 0.3 is 5.97 Å². The number of hydrogen-bond acceptors (Lipinski definition) is 4. The summed E-state index contributed by atoms with van der Waals surface area (Å²) >= 11 is 0. The topological polar surface area (TPSA) is 73.6 Å². The summed E-state index contributed by atoms with van der Waals surface area (Å²) in [6.45, 7) is 0.578. The normalized spacial score (nSPS) is 9.61. The molecule has 0 spiro atoms. The van der Waals surface area contributed by atoms with E-state index in [1.807, 2.05) is 11.9 Å². The minimum absolute atomic E-state index is 0.121. The van der Waals surface area contributed by atoms with E-state index in [-0.39, 0.29) is 6.42 Å². The Morgan fingerprint density at radius 3 is 2.83 bits per heavy atom. The van der Waals surface area contributed by atoms with Crippen LogP contribution in [0, 0.1) is 11.3 Å². The van der Waals surface area contributed by atoms with Gasteiger partial charge in [0, 0.05) is 26.1 Å². The molecule has 5 heteroatoms. The van der Waals surface area contributed by atoms with Gasteiger partial charge in [0.1, 0.15) is 11.8 Å². The summed E-state index contributed by atoms with van der Waals surface area (Å²) in [6, 6.07) is 7.32. The second-order valence-corrected chi connectivity index (χ2v) is 3.91. The lowest BCUT2D eigenvalue weighted by molar-refractivity contribution is -0.137. The van der Waals surface area contributed by atoms with E-state index in [4.69, 9.17) is 15.1 Å². The SMILES string of the molecule is COc1ccc(C#N)c(N(C)CCCC(=O)O)c1. The van der Waals surface area contributed by atoms with Crippen molar-refractivity contribution in [2.45, 2.75) is 12.8 Å². The minimum Gasteiger partial charge on any atom is -0.497 e. The third-order valence-corrected chi connectivity index (χ3v) is 2.62. The van der Waals surface area contributed by atoms with Crippen molar-refractivity contribution < 1.29 is 14.6 Å². The maximum absolute atomic E-state index is 10.4. The van der Waals surface area contributed by atoms with E-state index in [0.717, 1.165) is 5.69 Å². The lowest BCUT2D eigenvalue weighted by Crippen LogP contribution is -2.20. The monoisotopic (exact) mass is 248 g/mol. The highest BCUT2D eigenvalue weighted by Crippen LogP contribution is 2.25. The Morgan fingerprint density at radius 1 is 1.56 bits per heavy atom. The summed E-state index contributed by atoms with van der Waals surface area (Å²) < 4.78 is 5.12. The van der Waals surface area contributed by atoms with Crippen molar-refractivity contribution in [2.75, 3.05) is 25.6 Å². The van der Waals surface area contributed by atoms with Gasteiger partial charge in [0.25, 0.3) is 0 Å². The molecule has 0 amide bonds. The highest BCUT2D eigenvalue weighted by Gasteiger charge is 2.09. The van der Waals surface area contributed by atoms with Crippen molar-refractivity contribution in [1.82, 2.24) is 0 Å². The van der Waals surface area contributed by atoms with Gasteiger partial charge < -0.3 is 14.7 Å². The third kappa shape index (κ3) is 3.67. The van der Waals surface area contributed by atoms with E-state index in [9.17, 15) is 4.79 Å². The standard InChI is InChI=1S/C13H16N2O3/c1-15(7-3-4-13(16)17)12-8-11(18-2)6-5-10(12)9-14/h5-6,8H,3-4,7H2,1-2H3,(H,16,17). The summed E-state index contributed by atoms with van der Waals surface area (Å²) in [5.74, 6) is -0.136. The Morgan fingerprint density at radius 2 is 2.28 bits per heavy atom. The molecular formula is C13H16N2O3. The number of carboxylic acid groups (broad SMARTS) is 1. The molecule has 0 radical (unpaired) electrons. The van der Waals surface area contributed by atoms with Crippen molar-refractivity contribution in [3.8, 4) is 11.8 Å². The molecule has 0 unspecified atom stereocenters. The zero-order valence-electron chi connectivity index (χ0n) is 10.5. The van der Waals surface area contributed by atoms with Crippen LogP contribution < -0.4 is 9.64 Å². The van der Waals surface area contributed by atoms with Crippen LogP contribution in [0.5, 0.6) is 5.75 Å². The van der Waals surface area contributed by atoms with Gasteiger partial charge in [-0.15, -0.1) is 0 Å². The van der Waals surface area contributed by atoms with Gasteiger partial charge in [-0.05, 0) is 18.6 Å². The summed E-state index contributed by atoms with van der Waals surface area (Å²) in [6.07, 6.45) is 0.657. The molecule has 0 aliphatic heterocycles. The van der Waals surface area contributed by atoms with Crippen LogP contribution in [0.2, 0.25) is 0 Å². The minimum atomic E-state index is -0.811. The number of carbonyl (C=O) groups is 1. The number of anilines is 1. The Balaban J connectivity index is 2.79. The summed E-state index contributed by atoms with van der Waals surface area (Å²) in [4.78, 5) is 12.3. The second kappa shape index (κ2) is 6.50. The molecule has 0 heterocycles. The van der Waals surface area contributed by atoms with Gasteiger partial charge in [-0.1, -0.05) is 0 Å². The van der Waals surface area contributed by atoms with E-state index >= 15 is 0 Å². The van der Waals surface area contributed by atoms with Gasteiger partial charge in [0.2, 0.25) is 0 Å². The maximum Gasteiger partial charge on any atom is 0.303 e. The molecule has 0 aliphatic carbocycles. The van der Waals surface area contributed by atoms with Crippen LogP contribution in [-0.4, -0.2) is 31.8 Å². The van der Waals surface area contributed by atoms with Crippen molar-refractivity contribution in [1.29, 1.82) is 5.26 Å². The number of nitrogens with zero attached hydrogens (tertiary/aromatic N) is 2. The van der Waals surface area contributed by atoms with Crippen molar-refractivity contribution in [2.24, 2.45) is 0 Å². The Bertz CT molecular complexity index is 466. The summed E-state index contributed by atoms with van der Waals surface area (Å²) in [5, 5.41) is 17.6. The molecule has 0 aliphatic rings. The first-order chi connectivity index (χ1) is 8.58. The fourth-order valence-electron chi connectivity index (χ4n) is 1.64. The number of nitriles is 1. The van der Waals surface area contributed by atoms with E-state index in [0.29, 0.717) is 24.3 Å². The zero-order valence-corrected chi connectivity index (χ0v) is 10.5. The van der Waals surface area contributed by atoms with E-state index in [1.165, 1.54) is 0 Å². The predicted octanol–water partition coefficient (Wildman–Crippen LogP) is 1.87. The number of hydrogen-bond donors (Lipinski definition) is 1. The van der Waals surface area contributed by atoms with Gasteiger partial charge in [-0.2, -0.15) is 5.26 Å². The third-order valence-electron chi connectivity index (χ3n) is 2.62. The van der Waals surface area contributed by atoms with Crippen LogP contribution in [-0.2, 0) is 4.79 Å². The zero-order chi connectivity index (χ0) is 13.5. The van der Waals surface area contributed by atoms with Crippen LogP contribution in [0.1, 0.15) is 18.4 Å². The van der Waals surface area contributed by atoms with Crippen LogP contribution >= 0.6 is 0 Å².